The lowest BCUT2D eigenvalue weighted by Crippen LogP contribution is -2.30. The highest BCUT2D eigenvalue weighted by atomic mass is 16.6. The first-order chi connectivity index (χ1) is 13.4. The maximum absolute atomic E-state index is 12.2. The first-order valence-electron chi connectivity index (χ1n) is 8.22. The summed E-state index contributed by atoms with van der Waals surface area (Å²) in [5, 5.41) is 16.2. The minimum Gasteiger partial charge on any atom is -0.465 e. The molecule has 0 bridgehead atoms. The maximum atomic E-state index is 12.2. The summed E-state index contributed by atoms with van der Waals surface area (Å²) in [5.41, 5.74) is 0.284. The van der Waals surface area contributed by atoms with E-state index in [2.05, 4.69) is 20.4 Å². The van der Waals surface area contributed by atoms with Crippen molar-refractivity contribution in [1.82, 2.24) is 15.6 Å². The smallest absolute Gasteiger partial charge is 0.338 e. The molecule has 28 heavy (non-hydrogen) atoms. The topological polar surface area (TPSA) is 141 Å². The molecule has 0 aliphatic rings. The van der Waals surface area contributed by atoms with Gasteiger partial charge in [-0.2, -0.15) is 0 Å². The Bertz CT molecular complexity index is 885. The lowest BCUT2D eigenvalue weighted by Gasteiger charge is -2.08. The van der Waals surface area contributed by atoms with Crippen LogP contribution in [0.5, 0.6) is 0 Å². The molecular formula is C18H18N4O6. The quantitative estimate of drug-likeness (QED) is 0.395. The van der Waals surface area contributed by atoms with Crippen molar-refractivity contribution in [3.05, 3.63) is 69.5 Å². The molecule has 0 saturated carbocycles. The number of esters is 1. The van der Waals surface area contributed by atoms with Gasteiger partial charge < -0.3 is 15.4 Å². The third kappa shape index (κ3) is 5.87. The summed E-state index contributed by atoms with van der Waals surface area (Å²) in [6, 6.07) is 6.80. The van der Waals surface area contributed by atoms with E-state index in [0.717, 1.165) is 24.8 Å². The first kappa shape index (κ1) is 20.5. The van der Waals surface area contributed by atoms with Crippen LogP contribution in [-0.4, -0.2) is 41.3 Å². The van der Waals surface area contributed by atoms with Gasteiger partial charge in [-0.15, -0.1) is 0 Å². The largest absolute Gasteiger partial charge is 0.465 e. The Balaban J connectivity index is 1.91. The standard InChI is InChI=1S/C18H18N4O6/c1-28-18(25)14-8-13(9-15(10-14)22(26)27)17(24)20-7-4-16(23)21-11-12-2-5-19-6-3-12/h2-3,5-6,8-10H,4,7,11H2,1H3,(H,20,24)(H,21,23). The zero-order valence-corrected chi connectivity index (χ0v) is 15.0. The highest BCUT2D eigenvalue weighted by Gasteiger charge is 2.18. The normalized spacial score (nSPS) is 10.0. The summed E-state index contributed by atoms with van der Waals surface area (Å²) in [6.07, 6.45) is 3.25. The minimum atomic E-state index is -0.798. The van der Waals surface area contributed by atoms with Gasteiger partial charge in [0.15, 0.2) is 0 Å². The third-order valence-electron chi connectivity index (χ3n) is 3.69. The molecular weight excluding hydrogens is 368 g/mol. The summed E-state index contributed by atoms with van der Waals surface area (Å²) in [6.45, 7) is 0.361. The number of nitrogens with one attached hydrogen (secondary N) is 2. The molecule has 2 amide bonds. The van der Waals surface area contributed by atoms with Crippen LogP contribution < -0.4 is 10.6 Å². The minimum absolute atomic E-state index is 0.0234. The summed E-state index contributed by atoms with van der Waals surface area (Å²) in [4.78, 5) is 49.8. The van der Waals surface area contributed by atoms with E-state index in [4.69, 9.17) is 0 Å². The van der Waals surface area contributed by atoms with Crippen molar-refractivity contribution in [2.45, 2.75) is 13.0 Å². The number of hydrogen-bond donors (Lipinski definition) is 2. The fourth-order valence-electron chi connectivity index (χ4n) is 2.26. The molecule has 0 aliphatic heterocycles. The van der Waals surface area contributed by atoms with Gasteiger partial charge in [0.1, 0.15) is 0 Å². The number of hydrogen-bond acceptors (Lipinski definition) is 7. The van der Waals surface area contributed by atoms with E-state index >= 15 is 0 Å². The number of nitrogens with zero attached hydrogens (tertiary/aromatic N) is 2. The molecule has 1 aromatic carbocycles. The summed E-state index contributed by atoms with van der Waals surface area (Å²) < 4.78 is 4.53. The number of rotatable bonds is 8. The van der Waals surface area contributed by atoms with Crippen LogP contribution in [0.4, 0.5) is 5.69 Å². The van der Waals surface area contributed by atoms with Gasteiger partial charge in [-0.25, -0.2) is 4.79 Å². The Kier molecular flexibility index (Phi) is 7.14. The summed E-state index contributed by atoms with van der Waals surface area (Å²) in [7, 11) is 1.13. The zero-order chi connectivity index (χ0) is 20.5. The molecule has 0 atom stereocenters. The van der Waals surface area contributed by atoms with E-state index in [-0.39, 0.29) is 30.0 Å². The molecule has 2 rings (SSSR count). The number of methoxy groups -OCH3 is 1. The molecule has 0 unspecified atom stereocenters. The fraction of sp³-hybridized carbons (Fsp3) is 0.222. The fourth-order valence-corrected chi connectivity index (χ4v) is 2.26. The highest BCUT2D eigenvalue weighted by Crippen LogP contribution is 2.18. The number of nitro groups is 1. The van der Waals surface area contributed by atoms with Crippen molar-refractivity contribution < 1.29 is 24.0 Å². The number of nitro benzene ring substituents is 1. The van der Waals surface area contributed by atoms with Crippen LogP contribution in [-0.2, 0) is 16.1 Å². The number of carbonyl (C=O) groups is 3. The Morgan fingerprint density at radius 2 is 1.79 bits per heavy atom. The average molecular weight is 386 g/mol. The molecule has 0 fully saturated rings. The number of carbonyl (C=O) groups excluding carboxylic acids is 3. The van der Waals surface area contributed by atoms with Crippen LogP contribution in [0.25, 0.3) is 0 Å². The molecule has 1 aromatic heterocycles. The van der Waals surface area contributed by atoms with E-state index in [9.17, 15) is 24.5 Å². The number of aromatic nitrogens is 1. The van der Waals surface area contributed by atoms with E-state index in [1.807, 2.05) is 0 Å². The molecule has 2 N–H and O–H groups in total. The molecule has 10 heteroatoms. The maximum Gasteiger partial charge on any atom is 0.338 e. The second-order valence-electron chi connectivity index (χ2n) is 5.66. The van der Waals surface area contributed by atoms with E-state index in [1.54, 1.807) is 24.5 Å². The predicted octanol–water partition coefficient (Wildman–Crippen LogP) is 1.21. The van der Waals surface area contributed by atoms with Crippen LogP contribution >= 0.6 is 0 Å². The van der Waals surface area contributed by atoms with Crippen LogP contribution in [0.2, 0.25) is 0 Å². The summed E-state index contributed by atoms with van der Waals surface area (Å²) in [5.74, 6) is -1.71. The van der Waals surface area contributed by atoms with Crippen molar-refractivity contribution in [2.75, 3.05) is 13.7 Å². The van der Waals surface area contributed by atoms with Gasteiger partial charge in [0.2, 0.25) is 5.91 Å². The third-order valence-corrected chi connectivity index (χ3v) is 3.69. The van der Waals surface area contributed by atoms with Crippen molar-refractivity contribution in [1.29, 1.82) is 0 Å². The molecule has 0 aliphatic carbocycles. The van der Waals surface area contributed by atoms with Gasteiger partial charge in [0, 0.05) is 49.6 Å². The lowest BCUT2D eigenvalue weighted by atomic mass is 10.1. The van der Waals surface area contributed by atoms with Crippen molar-refractivity contribution in [3.8, 4) is 0 Å². The van der Waals surface area contributed by atoms with E-state index < -0.39 is 22.5 Å². The highest BCUT2D eigenvalue weighted by molar-refractivity contribution is 5.99. The first-order valence-corrected chi connectivity index (χ1v) is 8.22. The lowest BCUT2D eigenvalue weighted by molar-refractivity contribution is -0.384. The van der Waals surface area contributed by atoms with Crippen molar-refractivity contribution in [2.24, 2.45) is 0 Å². The number of non-ortho nitro benzene ring substituents is 1. The van der Waals surface area contributed by atoms with Crippen LogP contribution in [0.3, 0.4) is 0 Å². The predicted molar refractivity (Wildman–Crippen MR) is 97.5 cm³/mol. The average Bonchev–Trinajstić information content (AvgIpc) is 2.71. The van der Waals surface area contributed by atoms with E-state index in [0.29, 0.717) is 6.54 Å². The van der Waals surface area contributed by atoms with Crippen molar-refractivity contribution >= 4 is 23.5 Å². The molecule has 0 radical (unpaired) electrons. The van der Waals surface area contributed by atoms with Gasteiger partial charge in [0.05, 0.1) is 17.6 Å². The Morgan fingerprint density at radius 1 is 1.11 bits per heavy atom. The molecule has 10 nitrogen and oxygen atoms in total. The van der Waals surface area contributed by atoms with Crippen LogP contribution in [0.1, 0.15) is 32.7 Å². The number of amides is 2. The number of benzene rings is 1. The second-order valence-corrected chi connectivity index (χ2v) is 5.66. The molecule has 146 valence electrons. The van der Waals surface area contributed by atoms with Gasteiger partial charge in [-0.1, -0.05) is 0 Å². The molecule has 0 saturated heterocycles. The van der Waals surface area contributed by atoms with Crippen molar-refractivity contribution in [3.63, 3.8) is 0 Å². The Hall–Kier alpha value is -3.82. The number of pyridine rings is 1. The number of ether oxygens (including phenoxy) is 1. The van der Waals surface area contributed by atoms with Gasteiger partial charge in [-0.3, -0.25) is 24.7 Å². The summed E-state index contributed by atoms with van der Waals surface area (Å²) >= 11 is 0. The zero-order valence-electron chi connectivity index (χ0n) is 15.0. The molecule has 0 spiro atoms. The monoisotopic (exact) mass is 386 g/mol. The van der Waals surface area contributed by atoms with Gasteiger partial charge >= 0.3 is 5.97 Å². The Morgan fingerprint density at radius 3 is 2.43 bits per heavy atom. The second kappa shape index (κ2) is 9.76. The van der Waals surface area contributed by atoms with Crippen LogP contribution in [0, 0.1) is 10.1 Å². The SMILES string of the molecule is COC(=O)c1cc(C(=O)NCCC(=O)NCc2ccncc2)cc([N+](=O)[O-])c1. The van der Waals surface area contributed by atoms with E-state index in [1.165, 1.54) is 6.07 Å². The van der Waals surface area contributed by atoms with Gasteiger partial charge in [0.25, 0.3) is 11.6 Å². The molecule has 2 aromatic rings. The van der Waals surface area contributed by atoms with Crippen LogP contribution in [0.15, 0.2) is 42.7 Å². The Labute approximate surface area is 160 Å². The van der Waals surface area contributed by atoms with Gasteiger partial charge in [-0.05, 0) is 23.8 Å². The molecule has 1 heterocycles.